The third kappa shape index (κ3) is 5.70. The van der Waals surface area contributed by atoms with Crippen molar-refractivity contribution < 1.29 is 9.90 Å². The summed E-state index contributed by atoms with van der Waals surface area (Å²) in [7, 11) is 0. The largest absolute Gasteiger partial charge is 0.396 e. The van der Waals surface area contributed by atoms with Gasteiger partial charge in [0.05, 0.1) is 12.6 Å². The molecule has 0 radical (unpaired) electrons. The fraction of sp³-hybridized carbons (Fsp3) is 0.240. The molecular formula is C25H27ClN2O2. The Kier molecular flexibility index (Phi) is 8.03. The fourth-order valence-electron chi connectivity index (χ4n) is 3.58. The minimum absolute atomic E-state index is 0.0712. The van der Waals surface area contributed by atoms with E-state index in [0.717, 1.165) is 16.7 Å². The maximum absolute atomic E-state index is 13.0. The number of hydrogen-bond donors (Lipinski definition) is 2. The fourth-order valence-corrected chi connectivity index (χ4v) is 3.75. The van der Waals surface area contributed by atoms with Gasteiger partial charge in [-0.15, -0.1) is 0 Å². The van der Waals surface area contributed by atoms with E-state index in [1.165, 1.54) is 0 Å². The summed E-state index contributed by atoms with van der Waals surface area (Å²) in [6.45, 7) is 2.74. The molecule has 5 heteroatoms. The molecule has 30 heavy (non-hydrogen) atoms. The van der Waals surface area contributed by atoms with E-state index >= 15 is 0 Å². The van der Waals surface area contributed by atoms with Crippen molar-refractivity contribution in [1.82, 2.24) is 4.90 Å². The Balaban J connectivity index is 1.88. The average Bonchev–Trinajstić information content (AvgIpc) is 2.77. The SMILES string of the molecule is Cc1c(Cl)cccc1NC(=O)CN(CCCO)C(c1ccccc1)c1ccccc1. The molecule has 0 aliphatic rings. The molecule has 0 aliphatic heterocycles. The summed E-state index contributed by atoms with van der Waals surface area (Å²) in [4.78, 5) is 15.1. The number of nitrogens with one attached hydrogen (secondary N) is 1. The van der Waals surface area contributed by atoms with Crippen molar-refractivity contribution in [3.05, 3.63) is 101 Å². The molecule has 0 saturated carbocycles. The molecule has 3 rings (SSSR count). The van der Waals surface area contributed by atoms with E-state index < -0.39 is 0 Å². The van der Waals surface area contributed by atoms with Crippen molar-refractivity contribution in [2.45, 2.75) is 19.4 Å². The first-order valence-electron chi connectivity index (χ1n) is 10.1. The summed E-state index contributed by atoms with van der Waals surface area (Å²) in [6.07, 6.45) is 0.583. The van der Waals surface area contributed by atoms with Crippen LogP contribution in [0.3, 0.4) is 0 Å². The van der Waals surface area contributed by atoms with Gasteiger partial charge in [0.15, 0.2) is 0 Å². The highest BCUT2D eigenvalue weighted by atomic mass is 35.5. The number of nitrogens with zero attached hydrogens (tertiary/aromatic N) is 1. The average molecular weight is 423 g/mol. The predicted molar refractivity (Wildman–Crippen MR) is 123 cm³/mol. The molecule has 0 spiro atoms. The Morgan fingerprint density at radius 1 is 0.967 bits per heavy atom. The summed E-state index contributed by atoms with van der Waals surface area (Å²) in [5.41, 5.74) is 3.77. The first kappa shape index (κ1) is 22.0. The van der Waals surface area contributed by atoms with E-state index in [-0.39, 0.29) is 25.1 Å². The van der Waals surface area contributed by atoms with Crippen LogP contribution in [-0.2, 0) is 4.79 Å². The molecule has 4 nitrogen and oxygen atoms in total. The van der Waals surface area contributed by atoms with Crippen LogP contribution < -0.4 is 5.32 Å². The number of carbonyl (C=O) groups is 1. The van der Waals surface area contributed by atoms with Gasteiger partial charge < -0.3 is 10.4 Å². The van der Waals surface area contributed by atoms with Crippen LogP contribution in [0.4, 0.5) is 5.69 Å². The molecule has 3 aromatic rings. The van der Waals surface area contributed by atoms with Gasteiger partial charge >= 0.3 is 0 Å². The molecule has 0 atom stereocenters. The van der Waals surface area contributed by atoms with Crippen molar-refractivity contribution >= 4 is 23.2 Å². The number of aliphatic hydroxyl groups excluding tert-OH is 1. The topological polar surface area (TPSA) is 52.6 Å². The number of aliphatic hydroxyl groups is 1. The Morgan fingerprint density at radius 3 is 2.13 bits per heavy atom. The lowest BCUT2D eigenvalue weighted by Gasteiger charge is -2.32. The van der Waals surface area contributed by atoms with Gasteiger partial charge in [-0.3, -0.25) is 9.69 Å². The molecule has 0 aliphatic carbocycles. The Labute approximate surface area is 183 Å². The third-order valence-corrected chi connectivity index (χ3v) is 5.50. The quantitative estimate of drug-likeness (QED) is 0.506. The van der Waals surface area contributed by atoms with Crippen molar-refractivity contribution in [3.8, 4) is 0 Å². The summed E-state index contributed by atoms with van der Waals surface area (Å²) in [6, 6.07) is 25.7. The predicted octanol–water partition coefficient (Wildman–Crippen LogP) is 5.06. The van der Waals surface area contributed by atoms with Gasteiger partial charge in [-0.05, 0) is 42.2 Å². The van der Waals surface area contributed by atoms with Crippen molar-refractivity contribution in [3.63, 3.8) is 0 Å². The highest BCUT2D eigenvalue weighted by molar-refractivity contribution is 6.31. The van der Waals surface area contributed by atoms with E-state index in [1.807, 2.05) is 55.5 Å². The zero-order valence-corrected chi connectivity index (χ0v) is 17.8. The second kappa shape index (κ2) is 10.9. The van der Waals surface area contributed by atoms with Crippen molar-refractivity contribution in [2.75, 3.05) is 25.0 Å². The molecule has 156 valence electrons. The molecule has 0 heterocycles. The second-order valence-corrected chi connectivity index (χ2v) is 7.64. The molecule has 0 saturated heterocycles. The smallest absolute Gasteiger partial charge is 0.238 e. The van der Waals surface area contributed by atoms with Gasteiger partial charge in [0.2, 0.25) is 5.91 Å². The highest BCUT2D eigenvalue weighted by Gasteiger charge is 2.24. The highest BCUT2D eigenvalue weighted by Crippen LogP contribution is 2.29. The Bertz CT molecular complexity index is 908. The molecular weight excluding hydrogens is 396 g/mol. The van der Waals surface area contributed by atoms with E-state index in [1.54, 1.807) is 6.07 Å². The maximum Gasteiger partial charge on any atom is 0.238 e. The van der Waals surface area contributed by atoms with E-state index in [9.17, 15) is 9.90 Å². The van der Waals surface area contributed by atoms with Crippen molar-refractivity contribution in [2.24, 2.45) is 0 Å². The second-order valence-electron chi connectivity index (χ2n) is 7.23. The van der Waals surface area contributed by atoms with E-state index in [4.69, 9.17) is 11.6 Å². The number of amides is 1. The zero-order chi connectivity index (χ0) is 21.3. The van der Waals surface area contributed by atoms with Gasteiger partial charge in [-0.25, -0.2) is 0 Å². The lowest BCUT2D eigenvalue weighted by atomic mass is 9.96. The lowest BCUT2D eigenvalue weighted by molar-refractivity contribution is -0.117. The van der Waals surface area contributed by atoms with Gasteiger partial charge in [0.1, 0.15) is 0 Å². The zero-order valence-electron chi connectivity index (χ0n) is 17.1. The van der Waals surface area contributed by atoms with Crippen LogP contribution in [0.1, 0.15) is 29.2 Å². The minimum Gasteiger partial charge on any atom is -0.396 e. The summed E-state index contributed by atoms with van der Waals surface area (Å²) in [5.74, 6) is -0.116. The van der Waals surface area contributed by atoms with Gasteiger partial charge in [0, 0.05) is 23.9 Å². The van der Waals surface area contributed by atoms with Crippen LogP contribution in [0, 0.1) is 6.92 Å². The van der Waals surface area contributed by atoms with Gasteiger partial charge in [-0.1, -0.05) is 78.3 Å². The van der Waals surface area contributed by atoms with Gasteiger partial charge in [-0.2, -0.15) is 0 Å². The van der Waals surface area contributed by atoms with Crippen LogP contribution in [0.15, 0.2) is 78.9 Å². The Morgan fingerprint density at radius 2 is 1.57 bits per heavy atom. The molecule has 0 bridgehead atoms. The molecule has 1 amide bonds. The van der Waals surface area contributed by atoms with E-state index in [0.29, 0.717) is 23.7 Å². The van der Waals surface area contributed by atoms with Crippen LogP contribution in [-0.4, -0.2) is 35.6 Å². The lowest BCUT2D eigenvalue weighted by Crippen LogP contribution is -2.38. The standard InChI is InChI=1S/C25H27ClN2O2/c1-19-22(26)14-8-15-23(19)27-24(30)18-28(16-9-17-29)25(20-10-4-2-5-11-20)21-12-6-3-7-13-21/h2-8,10-15,25,29H,9,16-18H2,1H3,(H,27,30). The number of halogens is 1. The monoisotopic (exact) mass is 422 g/mol. The molecule has 0 aromatic heterocycles. The number of benzene rings is 3. The number of anilines is 1. The normalized spacial score (nSPS) is 11.1. The number of hydrogen-bond acceptors (Lipinski definition) is 3. The minimum atomic E-state index is -0.116. The number of carbonyl (C=O) groups excluding carboxylic acids is 1. The third-order valence-electron chi connectivity index (χ3n) is 5.09. The van der Waals surface area contributed by atoms with Gasteiger partial charge in [0.25, 0.3) is 0 Å². The molecule has 0 fully saturated rings. The molecule has 2 N–H and O–H groups in total. The first-order chi connectivity index (χ1) is 14.6. The molecule has 3 aromatic carbocycles. The first-order valence-corrected chi connectivity index (χ1v) is 10.5. The van der Waals surface area contributed by atoms with Crippen LogP contribution in [0.25, 0.3) is 0 Å². The Hall–Kier alpha value is -2.66. The molecule has 0 unspecified atom stereocenters. The van der Waals surface area contributed by atoms with Crippen molar-refractivity contribution in [1.29, 1.82) is 0 Å². The maximum atomic E-state index is 13.0. The number of rotatable bonds is 9. The van der Waals surface area contributed by atoms with Crippen LogP contribution >= 0.6 is 11.6 Å². The summed E-state index contributed by atoms with van der Waals surface area (Å²) in [5, 5.41) is 13.0. The van der Waals surface area contributed by atoms with Crippen LogP contribution in [0.2, 0.25) is 5.02 Å². The van der Waals surface area contributed by atoms with Crippen LogP contribution in [0.5, 0.6) is 0 Å². The van der Waals surface area contributed by atoms with E-state index in [2.05, 4.69) is 34.5 Å². The summed E-state index contributed by atoms with van der Waals surface area (Å²) >= 11 is 6.19. The summed E-state index contributed by atoms with van der Waals surface area (Å²) < 4.78 is 0.